The summed E-state index contributed by atoms with van der Waals surface area (Å²) in [6, 6.07) is 6.52. The third-order valence-electron chi connectivity index (χ3n) is 4.40. The largest absolute Gasteiger partial charge is 0.493 e. The van der Waals surface area contributed by atoms with Gasteiger partial charge in [-0.2, -0.15) is 0 Å². The number of carbonyl (C=O) groups excluding carboxylic acids is 2. The summed E-state index contributed by atoms with van der Waals surface area (Å²) in [7, 11) is 1.54. The number of ketones is 1. The third kappa shape index (κ3) is 2.57. The SMILES string of the molecule is COc1cccc2c1OCC(NC(=O)c1sccc1C1CC1)C2=O. The Morgan fingerprint density at radius 3 is 2.92 bits per heavy atom. The zero-order chi connectivity index (χ0) is 16.7. The van der Waals surface area contributed by atoms with Crippen molar-refractivity contribution in [3.05, 3.63) is 45.6 Å². The lowest BCUT2D eigenvalue weighted by atomic mass is 10.00. The predicted octanol–water partition coefficient (Wildman–Crippen LogP) is 3.01. The monoisotopic (exact) mass is 343 g/mol. The molecule has 5 nitrogen and oxygen atoms in total. The summed E-state index contributed by atoms with van der Waals surface area (Å²) in [5.74, 6) is 1.14. The number of fused-ring (bicyclic) bond motifs is 1. The van der Waals surface area contributed by atoms with Crippen molar-refractivity contribution >= 4 is 23.0 Å². The maximum absolute atomic E-state index is 12.7. The number of ether oxygens (including phenoxy) is 2. The van der Waals surface area contributed by atoms with Crippen LogP contribution < -0.4 is 14.8 Å². The molecule has 6 heteroatoms. The van der Waals surface area contributed by atoms with E-state index in [0.29, 0.717) is 27.9 Å². The summed E-state index contributed by atoms with van der Waals surface area (Å²) in [6.45, 7) is 0.113. The second-order valence-corrected chi connectivity index (χ2v) is 6.93. The molecule has 1 amide bonds. The Labute approximate surface area is 143 Å². The fourth-order valence-corrected chi connectivity index (χ4v) is 3.89. The highest BCUT2D eigenvalue weighted by atomic mass is 32.1. The van der Waals surface area contributed by atoms with Crippen molar-refractivity contribution < 1.29 is 19.1 Å². The van der Waals surface area contributed by atoms with E-state index in [0.717, 1.165) is 18.4 Å². The minimum absolute atomic E-state index is 0.113. The van der Waals surface area contributed by atoms with Gasteiger partial charge in [-0.1, -0.05) is 6.07 Å². The first kappa shape index (κ1) is 15.2. The minimum atomic E-state index is -0.675. The van der Waals surface area contributed by atoms with Crippen molar-refractivity contribution in [2.45, 2.75) is 24.8 Å². The van der Waals surface area contributed by atoms with Crippen LogP contribution in [0.25, 0.3) is 0 Å². The molecule has 2 aromatic rings. The normalized spacial score (nSPS) is 19.4. The van der Waals surface area contributed by atoms with Crippen LogP contribution in [0.4, 0.5) is 0 Å². The van der Waals surface area contributed by atoms with E-state index < -0.39 is 6.04 Å². The van der Waals surface area contributed by atoms with E-state index in [9.17, 15) is 9.59 Å². The van der Waals surface area contributed by atoms with Crippen molar-refractivity contribution in [1.82, 2.24) is 5.32 Å². The number of Topliss-reactive ketones (excluding diaryl/α,β-unsaturated/α-hetero) is 1. The second-order valence-electron chi connectivity index (χ2n) is 6.02. The Kier molecular flexibility index (Phi) is 3.76. The zero-order valence-electron chi connectivity index (χ0n) is 13.2. The number of benzene rings is 1. The molecular formula is C18H17NO4S. The van der Waals surface area contributed by atoms with Crippen molar-refractivity contribution in [2.75, 3.05) is 13.7 Å². The van der Waals surface area contributed by atoms with Crippen molar-refractivity contribution in [2.24, 2.45) is 0 Å². The molecule has 0 radical (unpaired) electrons. The van der Waals surface area contributed by atoms with Crippen molar-refractivity contribution in [3.63, 3.8) is 0 Å². The van der Waals surface area contributed by atoms with Gasteiger partial charge in [0.05, 0.1) is 17.6 Å². The van der Waals surface area contributed by atoms with Crippen molar-refractivity contribution in [1.29, 1.82) is 0 Å². The lowest BCUT2D eigenvalue weighted by Gasteiger charge is -2.26. The number of para-hydroxylation sites is 1. The van der Waals surface area contributed by atoms with Gasteiger partial charge < -0.3 is 14.8 Å². The predicted molar refractivity (Wildman–Crippen MR) is 90.4 cm³/mol. The molecule has 1 saturated carbocycles. The molecule has 1 aliphatic carbocycles. The van der Waals surface area contributed by atoms with E-state index in [1.54, 1.807) is 18.2 Å². The number of nitrogens with one attached hydrogen (secondary N) is 1. The van der Waals surface area contributed by atoms with Gasteiger partial charge in [-0.25, -0.2) is 0 Å². The van der Waals surface area contributed by atoms with Gasteiger partial charge in [0.2, 0.25) is 0 Å². The van der Waals surface area contributed by atoms with Crippen LogP contribution in [0.2, 0.25) is 0 Å². The fourth-order valence-electron chi connectivity index (χ4n) is 3.00. The smallest absolute Gasteiger partial charge is 0.262 e. The molecule has 1 fully saturated rings. The van der Waals surface area contributed by atoms with E-state index in [-0.39, 0.29) is 18.3 Å². The van der Waals surface area contributed by atoms with Crippen LogP contribution in [-0.2, 0) is 0 Å². The number of rotatable bonds is 4. The number of hydrogen-bond donors (Lipinski definition) is 1. The standard InChI is InChI=1S/C18H17NO4S/c1-22-14-4-2-3-12-15(20)13(9-23-16(12)14)19-18(21)17-11(7-8-24-17)10-5-6-10/h2-4,7-8,10,13H,5-6,9H2,1H3,(H,19,21). The molecule has 2 aliphatic rings. The number of thiophene rings is 1. The maximum atomic E-state index is 12.7. The number of hydrogen-bond acceptors (Lipinski definition) is 5. The zero-order valence-corrected chi connectivity index (χ0v) is 14.0. The Bertz CT molecular complexity index is 809. The van der Waals surface area contributed by atoms with Crippen LogP contribution in [0, 0.1) is 0 Å². The molecule has 1 aromatic heterocycles. The fraction of sp³-hybridized carbons (Fsp3) is 0.333. The van der Waals surface area contributed by atoms with E-state index in [2.05, 4.69) is 5.32 Å². The lowest BCUT2D eigenvalue weighted by molar-refractivity contribution is 0.0793. The van der Waals surface area contributed by atoms with Crippen LogP contribution in [0.1, 0.15) is 44.4 Å². The molecule has 1 aromatic carbocycles. The Morgan fingerprint density at radius 2 is 2.17 bits per heavy atom. The summed E-state index contributed by atoms with van der Waals surface area (Å²) >= 11 is 1.42. The van der Waals surface area contributed by atoms with Gasteiger partial charge >= 0.3 is 0 Å². The summed E-state index contributed by atoms with van der Waals surface area (Å²) in [6.07, 6.45) is 2.27. The van der Waals surface area contributed by atoms with Crippen LogP contribution >= 0.6 is 11.3 Å². The van der Waals surface area contributed by atoms with Crippen LogP contribution in [-0.4, -0.2) is 31.4 Å². The van der Waals surface area contributed by atoms with Crippen LogP contribution in [0.15, 0.2) is 29.6 Å². The maximum Gasteiger partial charge on any atom is 0.262 e. The first-order chi connectivity index (χ1) is 11.7. The quantitative estimate of drug-likeness (QED) is 0.927. The minimum Gasteiger partial charge on any atom is -0.493 e. The summed E-state index contributed by atoms with van der Waals surface area (Å²) < 4.78 is 10.9. The summed E-state index contributed by atoms with van der Waals surface area (Å²) in [4.78, 5) is 26.0. The summed E-state index contributed by atoms with van der Waals surface area (Å²) in [5, 5.41) is 4.76. The summed E-state index contributed by atoms with van der Waals surface area (Å²) in [5.41, 5.74) is 1.54. The van der Waals surface area contributed by atoms with Gasteiger partial charge in [-0.05, 0) is 47.9 Å². The number of methoxy groups -OCH3 is 1. The average Bonchev–Trinajstić information content (AvgIpc) is 3.33. The van der Waals surface area contributed by atoms with Crippen molar-refractivity contribution in [3.8, 4) is 11.5 Å². The molecule has 24 heavy (non-hydrogen) atoms. The van der Waals surface area contributed by atoms with Crippen LogP contribution in [0.3, 0.4) is 0 Å². The van der Waals surface area contributed by atoms with E-state index >= 15 is 0 Å². The van der Waals surface area contributed by atoms with Gasteiger partial charge in [0.1, 0.15) is 12.6 Å². The van der Waals surface area contributed by atoms with E-state index in [1.807, 2.05) is 11.4 Å². The molecule has 0 bridgehead atoms. The highest BCUT2D eigenvalue weighted by Crippen LogP contribution is 2.43. The Hall–Kier alpha value is -2.34. The van der Waals surface area contributed by atoms with Gasteiger partial charge in [0.15, 0.2) is 17.3 Å². The molecule has 1 unspecified atom stereocenters. The second kappa shape index (κ2) is 5.94. The molecule has 0 spiro atoms. The molecule has 1 N–H and O–H groups in total. The third-order valence-corrected chi connectivity index (χ3v) is 5.33. The highest BCUT2D eigenvalue weighted by molar-refractivity contribution is 7.12. The first-order valence-electron chi connectivity index (χ1n) is 7.91. The molecule has 124 valence electrons. The first-order valence-corrected chi connectivity index (χ1v) is 8.79. The average molecular weight is 343 g/mol. The van der Waals surface area contributed by atoms with E-state index in [4.69, 9.17) is 9.47 Å². The van der Waals surface area contributed by atoms with Gasteiger partial charge in [-0.3, -0.25) is 9.59 Å². The molecule has 0 saturated heterocycles. The van der Waals surface area contributed by atoms with Gasteiger partial charge in [0, 0.05) is 0 Å². The molecule has 4 rings (SSSR count). The molecular weight excluding hydrogens is 326 g/mol. The Morgan fingerprint density at radius 1 is 1.33 bits per heavy atom. The topological polar surface area (TPSA) is 64.6 Å². The highest BCUT2D eigenvalue weighted by Gasteiger charge is 2.34. The number of amides is 1. The molecule has 2 heterocycles. The van der Waals surface area contributed by atoms with Gasteiger partial charge in [0.25, 0.3) is 5.91 Å². The Balaban J connectivity index is 1.54. The van der Waals surface area contributed by atoms with E-state index in [1.165, 1.54) is 18.4 Å². The molecule has 1 atom stereocenters. The number of carbonyl (C=O) groups is 2. The molecule has 1 aliphatic heterocycles. The van der Waals surface area contributed by atoms with Gasteiger partial charge in [-0.15, -0.1) is 11.3 Å². The lowest BCUT2D eigenvalue weighted by Crippen LogP contribution is -2.47. The van der Waals surface area contributed by atoms with Crippen LogP contribution in [0.5, 0.6) is 11.5 Å².